The summed E-state index contributed by atoms with van der Waals surface area (Å²) < 4.78 is 13.4. The Kier molecular flexibility index (Phi) is 5.46. The lowest BCUT2D eigenvalue weighted by Gasteiger charge is -2.09. The fourth-order valence-corrected chi connectivity index (χ4v) is 1.47. The molecule has 1 heterocycles. The highest BCUT2D eigenvalue weighted by atomic mass is 35.5. The Morgan fingerprint density at radius 1 is 1.50 bits per heavy atom. The van der Waals surface area contributed by atoms with Gasteiger partial charge in [-0.05, 0) is 25.7 Å². The fraction of sp³-hybridized carbons (Fsp3) is 0.636. The first-order valence-corrected chi connectivity index (χ1v) is 5.95. The van der Waals surface area contributed by atoms with Gasteiger partial charge in [-0.15, -0.1) is 11.6 Å². The van der Waals surface area contributed by atoms with Crippen molar-refractivity contribution >= 4 is 17.4 Å². The molecule has 1 N–H and O–H groups in total. The first kappa shape index (κ1) is 13.2. The molecule has 0 spiro atoms. The van der Waals surface area contributed by atoms with Crippen molar-refractivity contribution in [2.75, 3.05) is 17.7 Å². The number of rotatable bonds is 6. The van der Waals surface area contributed by atoms with E-state index in [0.717, 1.165) is 12.8 Å². The molecule has 1 rings (SSSR count). The van der Waals surface area contributed by atoms with Crippen LogP contribution in [0.1, 0.15) is 25.5 Å². The van der Waals surface area contributed by atoms with Crippen molar-refractivity contribution in [2.45, 2.75) is 26.7 Å². The first-order chi connectivity index (χ1) is 7.65. The van der Waals surface area contributed by atoms with Crippen LogP contribution in [0.3, 0.4) is 0 Å². The Balaban J connectivity index is 2.35. The van der Waals surface area contributed by atoms with Gasteiger partial charge in [0.05, 0.1) is 5.69 Å². The predicted octanol–water partition coefficient (Wildman–Crippen LogP) is 2.99. The quantitative estimate of drug-likeness (QED) is 0.619. The summed E-state index contributed by atoms with van der Waals surface area (Å²) in [5, 5.41) is 2.96. The zero-order valence-electron chi connectivity index (χ0n) is 9.63. The predicted molar refractivity (Wildman–Crippen MR) is 64.3 cm³/mol. The summed E-state index contributed by atoms with van der Waals surface area (Å²) in [6.07, 6.45) is 3.35. The van der Waals surface area contributed by atoms with Crippen LogP contribution in [0.15, 0.2) is 6.33 Å². The van der Waals surface area contributed by atoms with Crippen LogP contribution in [0.4, 0.5) is 10.2 Å². The summed E-state index contributed by atoms with van der Waals surface area (Å²) in [5.41, 5.74) is 0.367. The van der Waals surface area contributed by atoms with Gasteiger partial charge in [0.15, 0.2) is 11.6 Å². The van der Waals surface area contributed by atoms with Crippen LogP contribution >= 0.6 is 11.6 Å². The van der Waals surface area contributed by atoms with Crippen LogP contribution in [-0.4, -0.2) is 22.4 Å². The lowest BCUT2D eigenvalue weighted by atomic mass is 10.1. The number of halogens is 2. The Morgan fingerprint density at radius 3 is 2.94 bits per heavy atom. The molecule has 0 aromatic carbocycles. The van der Waals surface area contributed by atoms with Crippen LogP contribution in [0.25, 0.3) is 0 Å². The van der Waals surface area contributed by atoms with E-state index in [0.29, 0.717) is 24.0 Å². The molecule has 1 atom stereocenters. The van der Waals surface area contributed by atoms with Gasteiger partial charge in [0.1, 0.15) is 6.33 Å². The molecule has 0 saturated carbocycles. The van der Waals surface area contributed by atoms with Crippen LogP contribution in [0.5, 0.6) is 0 Å². The van der Waals surface area contributed by atoms with E-state index in [1.54, 1.807) is 6.92 Å². The third kappa shape index (κ3) is 3.93. The second-order valence-corrected chi connectivity index (χ2v) is 4.26. The van der Waals surface area contributed by atoms with Crippen molar-refractivity contribution in [1.29, 1.82) is 0 Å². The average Bonchev–Trinajstić information content (AvgIpc) is 2.29. The second kappa shape index (κ2) is 6.63. The Hall–Kier alpha value is -0.900. The van der Waals surface area contributed by atoms with E-state index < -0.39 is 0 Å². The Morgan fingerprint density at radius 2 is 2.25 bits per heavy atom. The molecule has 0 aliphatic heterocycles. The van der Waals surface area contributed by atoms with E-state index in [9.17, 15) is 4.39 Å². The molecule has 0 aliphatic rings. The minimum atomic E-state index is -0.368. The summed E-state index contributed by atoms with van der Waals surface area (Å²) >= 11 is 5.69. The number of nitrogens with zero attached hydrogens (tertiary/aromatic N) is 2. The molecular weight excluding hydrogens is 229 g/mol. The largest absolute Gasteiger partial charge is 0.368 e. The lowest BCUT2D eigenvalue weighted by Crippen LogP contribution is -2.08. The van der Waals surface area contributed by atoms with Gasteiger partial charge in [-0.1, -0.05) is 6.92 Å². The van der Waals surface area contributed by atoms with Crippen molar-refractivity contribution in [1.82, 2.24) is 9.97 Å². The molecule has 0 fully saturated rings. The highest BCUT2D eigenvalue weighted by Crippen LogP contribution is 2.12. The SMILES string of the molecule is Cc1ncnc(NCCCC(C)CCl)c1F. The molecule has 0 radical (unpaired) electrons. The Labute approximate surface area is 100 Å². The summed E-state index contributed by atoms with van der Waals surface area (Å²) in [6.45, 7) is 4.43. The fourth-order valence-electron chi connectivity index (χ4n) is 1.32. The Bertz CT molecular complexity index is 333. The third-order valence-corrected chi connectivity index (χ3v) is 2.92. The van der Waals surface area contributed by atoms with Crippen molar-refractivity contribution in [3.63, 3.8) is 0 Å². The van der Waals surface area contributed by atoms with Crippen molar-refractivity contribution in [3.05, 3.63) is 17.8 Å². The van der Waals surface area contributed by atoms with Crippen LogP contribution in [0, 0.1) is 18.7 Å². The zero-order chi connectivity index (χ0) is 12.0. The van der Waals surface area contributed by atoms with Gasteiger partial charge in [0.25, 0.3) is 0 Å². The van der Waals surface area contributed by atoms with Gasteiger partial charge < -0.3 is 5.32 Å². The smallest absolute Gasteiger partial charge is 0.186 e. The molecule has 0 amide bonds. The number of hydrogen-bond acceptors (Lipinski definition) is 3. The molecule has 1 unspecified atom stereocenters. The highest BCUT2D eigenvalue weighted by Gasteiger charge is 2.06. The summed E-state index contributed by atoms with van der Waals surface area (Å²) in [4.78, 5) is 7.62. The van der Waals surface area contributed by atoms with E-state index in [1.807, 2.05) is 0 Å². The van der Waals surface area contributed by atoms with E-state index in [1.165, 1.54) is 6.33 Å². The molecule has 0 saturated heterocycles. The molecule has 5 heteroatoms. The van der Waals surface area contributed by atoms with Gasteiger partial charge in [-0.3, -0.25) is 0 Å². The topological polar surface area (TPSA) is 37.8 Å². The van der Waals surface area contributed by atoms with Crippen LogP contribution < -0.4 is 5.32 Å². The molecular formula is C11H17ClFN3. The maximum Gasteiger partial charge on any atom is 0.186 e. The van der Waals surface area contributed by atoms with Crippen LogP contribution in [-0.2, 0) is 0 Å². The minimum absolute atomic E-state index is 0.283. The molecule has 1 aromatic heterocycles. The van der Waals surface area contributed by atoms with Crippen molar-refractivity contribution in [3.8, 4) is 0 Å². The number of anilines is 1. The molecule has 0 bridgehead atoms. The maximum atomic E-state index is 13.4. The number of nitrogens with one attached hydrogen (secondary N) is 1. The number of alkyl halides is 1. The number of hydrogen-bond donors (Lipinski definition) is 1. The normalized spacial score (nSPS) is 12.5. The van der Waals surface area contributed by atoms with E-state index >= 15 is 0 Å². The molecule has 0 aliphatic carbocycles. The summed E-state index contributed by atoms with van der Waals surface area (Å²) in [5.74, 6) is 1.08. The standard InChI is InChI=1S/C11H17ClFN3/c1-8(6-12)4-3-5-14-11-10(13)9(2)15-7-16-11/h7-8H,3-6H2,1-2H3,(H,14,15,16). The van der Waals surface area contributed by atoms with Gasteiger partial charge in [0.2, 0.25) is 0 Å². The van der Waals surface area contributed by atoms with E-state index in [4.69, 9.17) is 11.6 Å². The summed E-state index contributed by atoms with van der Waals surface area (Å²) in [7, 11) is 0. The van der Waals surface area contributed by atoms with Crippen molar-refractivity contribution < 1.29 is 4.39 Å². The van der Waals surface area contributed by atoms with Crippen LogP contribution in [0.2, 0.25) is 0 Å². The maximum absolute atomic E-state index is 13.4. The highest BCUT2D eigenvalue weighted by molar-refractivity contribution is 6.18. The monoisotopic (exact) mass is 245 g/mol. The summed E-state index contributed by atoms with van der Waals surface area (Å²) in [6, 6.07) is 0. The molecule has 3 nitrogen and oxygen atoms in total. The van der Waals surface area contributed by atoms with Gasteiger partial charge in [-0.2, -0.15) is 0 Å². The number of aryl methyl sites for hydroxylation is 1. The minimum Gasteiger partial charge on any atom is -0.368 e. The van der Waals surface area contributed by atoms with Crippen molar-refractivity contribution in [2.24, 2.45) is 5.92 Å². The van der Waals surface area contributed by atoms with E-state index in [2.05, 4.69) is 22.2 Å². The second-order valence-electron chi connectivity index (χ2n) is 3.95. The first-order valence-electron chi connectivity index (χ1n) is 5.42. The third-order valence-electron chi connectivity index (χ3n) is 2.39. The number of aromatic nitrogens is 2. The zero-order valence-corrected chi connectivity index (χ0v) is 10.4. The van der Waals surface area contributed by atoms with Gasteiger partial charge >= 0.3 is 0 Å². The average molecular weight is 246 g/mol. The van der Waals surface area contributed by atoms with Gasteiger partial charge in [0, 0.05) is 12.4 Å². The molecule has 90 valence electrons. The lowest BCUT2D eigenvalue weighted by molar-refractivity contribution is 0.568. The van der Waals surface area contributed by atoms with E-state index in [-0.39, 0.29) is 11.6 Å². The van der Waals surface area contributed by atoms with Gasteiger partial charge in [-0.25, -0.2) is 14.4 Å². The molecule has 1 aromatic rings. The molecule has 16 heavy (non-hydrogen) atoms.